The Balaban J connectivity index is 1.39. The van der Waals surface area contributed by atoms with Crippen LogP contribution in [0, 0.1) is 0 Å². The van der Waals surface area contributed by atoms with E-state index in [0.29, 0.717) is 12.5 Å². The zero-order valence-corrected chi connectivity index (χ0v) is 17.9. The molecule has 1 aliphatic carbocycles. The van der Waals surface area contributed by atoms with E-state index in [1.54, 1.807) is 7.11 Å². The fourth-order valence-corrected chi connectivity index (χ4v) is 5.50. The Morgan fingerprint density at radius 2 is 1.83 bits per heavy atom. The molecular formula is C26H30N2O2. The van der Waals surface area contributed by atoms with Crippen LogP contribution in [0.2, 0.25) is 0 Å². The summed E-state index contributed by atoms with van der Waals surface area (Å²) in [6.45, 7) is 4.30. The number of ether oxygens (including phenoxy) is 1. The molecular weight excluding hydrogens is 372 g/mol. The molecule has 1 saturated heterocycles. The predicted octanol–water partition coefficient (Wildman–Crippen LogP) is 5.57. The number of ketones is 1. The molecule has 1 aliphatic heterocycles. The molecule has 2 aromatic carbocycles. The minimum atomic E-state index is 0.180. The predicted molar refractivity (Wildman–Crippen MR) is 120 cm³/mol. The van der Waals surface area contributed by atoms with Gasteiger partial charge in [0.25, 0.3) is 0 Å². The van der Waals surface area contributed by atoms with Crippen molar-refractivity contribution >= 4 is 16.7 Å². The van der Waals surface area contributed by atoms with E-state index in [1.165, 1.54) is 16.5 Å². The molecule has 0 saturated carbocycles. The minimum absolute atomic E-state index is 0.180. The van der Waals surface area contributed by atoms with Gasteiger partial charge < -0.3 is 9.30 Å². The Hall–Kier alpha value is -2.59. The summed E-state index contributed by atoms with van der Waals surface area (Å²) in [5, 5.41) is 1.31. The van der Waals surface area contributed by atoms with E-state index in [4.69, 9.17) is 4.74 Å². The number of likely N-dealkylation sites (tertiary alicyclic amines) is 1. The highest BCUT2D eigenvalue weighted by Gasteiger charge is 2.31. The van der Waals surface area contributed by atoms with Crippen LogP contribution in [0.15, 0.2) is 48.7 Å². The van der Waals surface area contributed by atoms with Gasteiger partial charge in [0, 0.05) is 54.4 Å². The maximum atomic E-state index is 12.8. The molecule has 2 heterocycles. The summed E-state index contributed by atoms with van der Waals surface area (Å²) < 4.78 is 8.17. The second-order valence-corrected chi connectivity index (χ2v) is 8.72. The molecule has 0 spiro atoms. The highest BCUT2D eigenvalue weighted by atomic mass is 16.5. The van der Waals surface area contributed by atoms with Crippen molar-refractivity contribution in [1.29, 1.82) is 0 Å². The number of para-hydroxylation sites is 1. The largest absolute Gasteiger partial charge is 0.496 e. The summed E-state index contributed by atoms with van der Waals surface area (Å²) in [5.74, 6) is 1.14. The minimum Gasteiger partial charge on any atom is -0.496 e. The van der Waals surface area contributed by atoms with Gasteiger partial charge in [0.2, 0.25) is 0 Å². The van der Waals surface area contributed by atoms with E-state index < -0.39 is 0 Å². The number of hydrogen-bond acceptors (Lipinski definition) is 3. The number of benzene rings is 2. The number of fused-ring (bicyclic) bond motifs is 2. The number of rotatable bonds is 4. The highest BCUT2D eigenvalue weighted by molar-refractivity contribution is 6.00. The fourth-order valence-electron chi connectivity index (χ4n) is 5.50. The van der Waals surface area contributed by atoms with Crippen LogP contribution >= 0.6 is 0 Å². The monoisotopic (exact) mass is 402 g/mol. The normalized spacial score (nSPS) is 19.1. The molecule has 5 rings (SSSR count). The third kappa shape index (κ3) is 3.24. The van der Waals surface area contributed by atoms with Gasteiger partial charge in [-0.15, -0.1) is 0 Å². The average Bonchev–Trinajstić information content (AvgIpc) is 3.22. The van der Waals surface area contributed by atoms with Gasteiger partial charge in [0.05, 0.1) is 7.11 Å². The summed E-state index contributed by atoms with van der Waals surface area (Å²) in [7, 11) is 1.72. The number of carbonyl (C=O) groups is 1. The van der Waals surface area contributed by atoms with E-state index in [9.17, 15) is 4.79 Å². The summed E-state index contributed by atoms with van der Waals surface area (Å²) >= 11 is 0. The molecule has 0 bridgehead atoms. The molecule has 1 unspecified atom stereocenters. The summed E-state index contributed by atoms with van der Waals surface area (Å²) in [4.78, 5) is 15.3. The molecule has 0 amide bonds. The first kappa shape index (κ1) is 19.4. The lowest BCUT2D eigenvalue weighted by atomic mass is 9.84. The standard InChI is InChI=1S/C26H30N2O2/c1-18(25-24(30-2)11-10-20-7-5-9-23(29)26(20)25)27-15-13-21(14-16-27)28-17-12-19-6-3-4-8-22(19)28/h3-4,6,8,10-12,17-18,21H,5,7,9,13-16H2,1-2H3. The summed E-state index contributed by atoms with van der Waals surface area (Å²) in [6.07, 6.45) is 7.09. The van der Waals surface area contributed by atoms with Gasteiger partial charge in [-0.1, -0.05) is 24.3 Å². The number of methoxy groups -OCH3 is 1. The van der Waals surface area contributed by atoms with E-state index in [-0.39, 0.29) is 11.8 Å². The maximum absolute atomic E-state index is 12.8. The molecule has 1 atom stereocenters. The molecule has 4 nitrogen and oxygen atoms in total. The van der Waals surface area contributed by atoms with Gasteiger partial charge in [-0.05, 0) is 61.8 Å². The first-order valence-electron chi connectivity index (χ1n) is 11.2. The van der Waals surface area contributed by atoms with Crippen LogP contribution in [0.1, 0.15) is 66.2 Å². The molecule has 3 aromatic rings. The number of carbonyl (C=O) groups excluding carboxylic acids is 1. The Bertz CT molecular complexity index is 1080. The van der Waals surface area contributed by atoms with Gasteiger partial charge in [0.1, 0.15) is 5.75 Å². The maximum Gasteiger partial charge on any atom is 0.163 e. The van der Waals surface area contributed by atoms with E-state index in [1.807, 2.05) is 0 Å². The Labute approximate surface area is 178 Å². The van der Waals surface area contributed by atoms with Gasteiger partial charge in [-0.3, -0.25) is 9.69 Å². The van der Waals surface area contributed by atoms with Crippen molar-refractivity contribution < 1.29 is 9.53 Å². The van der Waals surface area contributed by atoms with Gasteiger partial charge in [-0.25, -0.2) is 0 Å². The van der Waals surface area contributed by atoms with Crippen LogP contribution in [0.5, 0.6) is 5.75 Å². The lowest BCUT2D eigenvalue weighted by molar-refractivity contribution is 0.0963. The summed E-state index contributed by atoms with van der Waals surface area (Å²) in [6, 6.07) is 15.7. The van der Waals surface area contributed by atoms with Gasteiger partial charge >= 0.3 is 0 Å². The Kier molecular flexibility index (Phi) is 5.11. The molecule has 1 aromatic heterocycles. The Morgan fingerprint density at radius 1 is 1.03 bits per heavy atom. The lowest BCUT2D eigenvalue weighted by Crippen LogP contribution is -2.37. The van der Waals surface area contributed by atoms with Gasteiger partial charge in [0.15, 0.2) is 5.78 Å². The van der Waals surface area contributed by atoms with Crippen molar-refractivity contribution in [2.24, 2.45) is 0 Å². The average molecular weight is 403 g/mol. The second-order valence-electron chi connectivity index (χ2n) is 8.72. The number of piperidine rings is 1. The molecule has 1 fully saturated rings. The Morgan fingerprint density at radius 3 is 2.63 bits per heavy atom. The first-order chi connectivity index (χ1) is 14.7. The van der Waals surface area contributed by atoms with Crippen LogP contribution in [-0.4, -0.2) is 35.4 Å². The highest BCUT2D eigenvalue weighted by Crippen LogP contribution is 2.39. The van der Waals surface area contributed by atoms with Crippen molar-refractivity contribution in [2.75, 3.05) is 20.2 Å². The number of aromatic nitrogens is 1. The summed E-state index contributed by atoms with van der Waals surface area (Å²) in [5.41, 5.74) is 4.56. The van der Waals surface area contributed by atoms with Crippen molar-refractivity contribution in [3.05, 3.63) is 65.4 Å². The van der Waals surface area contributed by atoms with Crippen LogP contribution in [-0.2, 0) is 6.42 Å². The third-order valence-electron chi connectivity index (χ3n) is 7.13. The molecule has 4 heteroatoms. The topological polar surface area (TPSA) is 34.5 Å². The molecule has 30 heavy (non-hydrogen) atoms. The quantitative estimate of drug-likeness (QED) is 0.572. The lowest BCUT2D eigenvalue weighted by Gasteiger charge is -2.38. The fraction of sp³-hybridized carbons (Fsp3) is 0.423. The number of aryl methyl sites for hydroxylation is 1. The van der Waals surface area contributed by atoms with Crippen molar-refractivity contribution in [1.82, 2.24) is 9.47 Å². The smallest absolute Gasteiger partial charge is 0.163 e. The number of nitrogens with zero attached hydrogens (tertiary/aromatic N) is 2. The molecule has 2 aliphatic rings. The number of Topliss-reactive ketones (excluding diaryl/α,β-unsaturated/α-hetero) is 1. The second kappa shape index (κ2) is 7.92. The molecule has 0 radical (unpaired) electrons. The van der Waals surface area contributed by atoms with Crippen LogP contribution in [0.25, 0.3) is 10.9 Å². The third-order valence-corrected chi connectivity index (χ3v) is 7.13. The SMILES string of the molecule is COc1ccc2c(c1C(C)N1CCC(n3ccc4ccccc43)CC1)C(=O)CCC2. The van der Waals surface area contributed by atoms with E-state index in [0.717, 1.165) is 55.6 Å². The zero-order chi connectivity index (χ0) is 20.7. The first-order valence-corrected chi connectivity index (χ1v) is 11.2. The van der Waals surface area contributed by atoms with Crippen LogP contribution < -0.4 is 4.74 Å². The van der Waals surface area contributed by atoms with E-state index in [2.05, 4.69) is 65.1 Å². The van der Waals surface area contributed by atoms with Crippen LogP contribution in [0.3, 0.4) is 0 Å². The van der Waals surface area contributed by atoms with E-state index >= 15 is 0 Å². The zero-order valence-electron chi connectivity index (χ0n) is 17.9. The van der Waals surface area contributed by atoms with Crippen molar-refractivity contribution in [3.8, 4) is 5.75 Å². The van der Waals surface area contributed by atoms with Crippen molar-refractivity contribution in [2.45, 2.75) is 51.1 Å². The van der Waals surface area contributed by atoms with Crippen molar-refractivity contribution in [3.63, 3.8) is 0 Å². The van der Waals surface area contributed by atoms with Crippen LogP contribution in [0.4, 0.5) is 0 Å². The van der Waals surface area contributed by atoms with Gasteiger partial charge in [-0.2, -0.15) is 0 Å². The molecule has 156 valence electrons. The number of hydrogen-bond donors (Lipinski definition) is 0. The molecule has 0 N–H and O–H groups in total.